The Morgan fingerprint density at radius 1 is 1.07 bits per heavy atom. The van der Waals surface area contributed by atoms with Crippen molar-refractivity contribution in [2.24, 2.45) is 11.7 Å². The standard InChI is InChI=1S/C22H28N2O3.ClH/c1-26-12-5-13-27-20-10-8-18(9-11-20)22(25)24-15-19(14-23)21(16-24)17-6-3-2-4-7-17;/h2-4,6-11,19,21H,5,12-16,23H2,1H3;1H/t19-,21+;/m1./s1. The van der Waals surface area contributed by atoms with Gasteiger partial charge in [-0.15, -0.1) is 12.4 Å². The smallest absolute Gasteiger partial charge is 0.253 e. The molecule has 2 aromatic rings. The average Bonchev–Trinajstić information content (AvgIpc) is 3.16. The first-order chi connectivity index (χ1) is 13.2. The van der Waals surface area contributed by atoms with Gasteiger partial charge in [0.05, 0.1) is 6.61 Å². The quantitative estimate of drug-likeness (QED) is 0.685. The second-order valence-corrected chi connectivity index (χ2v) is 6.94. The van der Waals surface area contributed by atoms with Gasteiger partial charge in [-0.25, -0.2) is 0 Å². The molecule has 0 saturated carbocycles. The fraction of sp³-hybridized carbons (Fsp3) is 0.409. The van der Waals surface area contributed by atoms with Crippen molar-refractivity contribution >= 4 is 18.3 Å². The van der Waals surface area contributed by atoms with Crippen molar-refractivity contribution in [1.29, 1.82) is 0 Å². The molecule has 1 heterocycles. The van der Waals surface area contributed by atoms with E-state index in [1.54, 1.807) is 7.11 Å². The van der Waals surface area contributed by atoms with E-state index in [-0.39, 0.29) is 18.3 Å². The van der Waals surface area contributed by atoms with Crippen LogP contribution in [0.5, 0.6) is 5.75 Å². The molecule has 1 aliphatic rings. The zero-order valence-electron chi connectivity index (χ0n) is 16.3. The number of nitrogens with zero attached hydrogens (tertiary/aromatic N) is 1. The topological polar surface area (TPSA) is 64.8 Å². The summed E-state index contributed by atoms with van der Waals surface area (Å²) in [6, 6.07) is 17.7. The molecule has 0 radical (unpaired) electrons. The highest BCUT2D eigenvalue weighted by atomic mass is 35.5. The Balaban J connectivity index is 0.00000280. The van der Waals surface area contributed by atoms with E-state index in [0.717, 1.165) is 12.2 Å². The maximum absolute atomic E-state index is 12.9. The van der Waals surface area contributed by atoms with Crippen LogP contribution in [0.3, 0.4) is 0 Å². The van der Waals surface area contributed by atoms with Crippen LogP contribution in [0.1, 0.15) is 28.3 Å². The number of ether oxygens (including phenoxy) is 2. The zero-order valence-corrected chi connectivity index (χ0v) is 17.1. The van der Waals surface area contributed by atoms with Gasteiger partial charge in [-0.05, 0) is 42.3 Å². The molecule has 0 aromatic heterocycles. The molecule has 2 atom stereocenters. The Labute approximate surface area is 173 Å². The summed E-state index contributed by atoms with van der Waals surface area (Å²) >= 11 is 0. The van der Waals surface area contributed by atoms with E-state index in [1.165, 1.54) is 5.56 Å². The summed E-state index contributed by atoms with van der Waals surface area (Å²) in [7, 11) is 1.68. The van der Waals surface area contributed by atoms with Crippen LogP contribution < -0.4 is 10.5 Å². The van der Waals surface area contributed by atoms with E-state index in [9.17, 15) is 4.79 Å². The number of halogens is 1. The minimum atomic E-state index is 0. The van der Waals surface area contributed by atoms with Gasteiger partial charge in [0.15, 0.2) is 0 Å². The average molecular weight is 405 g/mol. The van der Waals surface area contributed by atoms with Gasteiger partial charge in [0.2, 0.25) is 0 Å². The fourth-order valence-electron chi connectivity index (χ4n) is 3.62. The van der Waals surface area contributed by atoms with E-state index in [2.05, 4.69) is 12.1 Å². The first kappa shape index (κ1) is 22.2. The molecule has 2 aromatic carbocycles. The molecule has 3 rings (SSSR count). The van der Waals surface area contributed by atoms with Crippen LogP contribution in [0.15, 0.2) is 54.6 Å². The van der Waals surface area contributed by atoms with E-state index in [1.807, 2.05) is 47.4 Å². The predicted octanol–water partition coefficient (Wildman–Crippen LogP) is 3.34. The summed E-state index contributed by atoms with van der Waals surface area (Å²) in [5, 5.41) is 0. The summed E-state index contributed by atoms with van der Waals surface area (Å²) in [6.07, 6.45) is 0.840. The molecule has 1 fully saturated rings. The summed E-state index contributed by atoms with van der Waals surface area (Å²) in [5.41, 5.74) is 7.92. The van der Waals surface area contributed by atoms with E-state index >= 15 is 0 Å². The van der Waals surface area contributed by atoms with Gasteiger partial charge in [-0.2, -0.15) is 0 Å². The highest BCUT2D eigenvalue weighted by Gasteiger charge is 2.35. The predicted molar refractivity (Wildman–Crippen MR) is 113 cm³/mol. The third-order valence-corrected chi connectivity index (χ3v) is 5.12. The van der Waals surface area contributed by atoms with Crippen molar-refractivity contribution < 1.29 is 14.3 Å². The monoisotopic (exact) mass is 404 g/mol. The molecule has 1 saturated heterocycles. The molecule has 2 N–H and O–H groups in total. The zero-order chi connectivity index (χ0) is 19.1. The van der Waals surface area contributed by atoms with Crippen LogP contribution in [0.25, 0.3) is 0 Å². The minimum Gasteiger partial charge on any atom is -0.494 e. The summed E-state index contributed by atoms with van der Waals surface area (Å²) in [4.78, 5) is 14.8. The van der Waals surface area contributed by atoms with Crippen molar-refractivity contribution in [1.82, 2.24) is 4.90 Å². The molecule has 1 aliphatic heterocycles. The van der Waals surface area contributed by atoms with Crippen LogP contribution in [0.4, 0.5) is 0 Å². The Kier molecular flexibility index (Phi) is 8.77. The van der Waals surface area contributed by atoms with Crippen molar-refractivity contribution in [3.63, 3.8) is 0 Å². The second kappa shape index (κ2) is 11.1. The number of rotatable bonds is 8. The molecule has 1 amide bonds. The van der Waals surface area contributed by atoms with Gasteiger partial charge in [-0.3, -0.25) is 4.79 Å². The van der Waals surface area contributed by atoms with E-state index in [0.29, 0.717) is 50.2 Å². The van der Waals surface area contributed by atoms with Crippen molar-refractivity contribution in [2.75, 3.05) is 40.0 Å². The van der Waals surface area contributed by atoms with Crippen LogP contribution in [0.2, 0.25) is 0 Å². The second-order valence-electron chi connectivity index (χ2n) is 6.94. The van der Waals surface area contributed by atoms with E-state index in [4.69, 9.17) is 15.2 Å². The molecule has 6 heteroatoms. The number of likely N-dealkylation sites (tertiary alicyclic amines) is 1. The highest BCUT2D eigenvalue weighted by molar-refractivity contribution is 5.94. The molecule has 0 bridgehead atoms. The lowest BCUT2D eigenvalue weighted by molar-refractivity contribution is 0.0786. The van der Waals surface area contributed by atoms with Crippen LogP contribution in [0, 0.1) is 5.92 Å². The number of carbonyl (C=O) groups excluding carboxylic acids is 1. The first-order valence-corrected chi connectivity index (χ1v) is 9.49. The third kappa shape index (κ3) is 5.47. The molecule has 0 unspecified atom stereocenters. The minimum absolute atomic E-state index is 0. The molecule has 0 spiro atoms. The molecule has 5 nitrogen and oxygen atoms in total. The van der Waals surface area contributed by atoms with Gasteiger partial charge in [0.1, 0.15) is 5.75 Å². The molecule has 152 valence electrons. The van der Waals surface area contributed by atoms with Gasteiger partial charge in [0, 0.05) is 44.7 Å². The number of amides is 1. The van der Waals surface area contributed by atoms with Gasteiger partial charge in [-0.1, -0.05) is 30.3 Å². The van der Waals surface area contributed by atoms with Crippen molar-refractivity contribution in [2.45, 2.75) is 12.3 Å². The maximum atomic E-state index is 12.9. The Hall–Kier alpha value is -2.08. The summed E-state index contributed by atoms with van der Waals surface area (Å²) in [6.45, 7) is 3.27. The Bertz CT molecular complexity index is 724. The van der Waals surface area contributed by atoms with Crippen LogP contribution in [-0.4, -0.2) is 50.8 Å². The number of hydrogen-bond acceptors (Lipinski definition) is 4. The molecule has 0 aliphatic carbocycles. The number of methoxy groups -OCH3 is 1. The summed E-state index contributed by atoms with van der Waals surface area (Å²) in [5.74, 6) is 1.41. The van der Waals surface area contributed by atoms with Gasteiger partial charge < -0.3 is 20.1 Å². The number of carbonyl (C=O) groups is 1. The largest absolute Gasteiger partial charge is 0.494 e. The van der Waals surface area contributed by atoms with Crippen molar-refractivity contribution in [3.05, 3.63) is 65.7 Å². The Morgan fingerprint density at radius 2 is 1.79 bits per heavy atom. The molecular weight excluding hydrogens is 376 g/mol. The number of nitrogens with two attached hydrogens (primary N) is 1. The Morgan fingerprint density at radius 3 is 2.43 bits per heavy atom. The first-order valence-electron chi connectivity index (χ1n) is 9.49. The maximum Gasteiger partial charge on any atom is 0.253 e. The molecular formula is C22H29ClN2O3. The van der Waals surface area contributed by atoms with Gasteiger partial charge in [0.25, 0.3) is 5.91 Å². The number of benzene rings is 2. The normalized spacial score (nSPS) is 18.6. The highest BCUT2D eigenvalue weighted by Crippen LogP contribution is 2.32. The SMILES string of the molecule is COCCCOc1ccc(C(=O)N2C[C@@H](CN)[C@H](c3ccccc3)C2)cc1.Cl. The van der Waals surface area contributed by atoms with Crippen LogP contribution >= 0.6 is 12.4 Å². The molecule has 28 heavy (non-hydrogen) atoms. The summed E-state index contributed by atoms with van der Waals surface area (Å²) < 4.78 is 10.7. The van der Waals surface area contributed by atoms with Crippen LogP contribution in [-0.2, 0) is 4.74 Å². The van der Waals surface area contributed by atoms with Crippen molar-refractivity contribution in [3.8, 4) is 5.75 Å². The van der Waals surface area contributed by atoms with Gasteiger partial charge >= 0.3 is 0 Å². The lowest BCUT2D eigenvalue weighted by Gasteiger charge is -2.17. The number of hydrogen-bond donors (Lipinski definition) is 1. The van der Waals surface area contributed by atoms with E-state index < -0.39 is 0 Å². The lowest BCUT2D eigenvalue weighted by Crippen LogP contribution is -2.29. The third-order valence-electron chi connectivity index (χ3n) is 5.12. The lowest BCUT2D eigenvalue weighted by atomic mass is 9.89. The fourth-order valence-corrected chi connectivity index (χ4v) is 3.62.